The van der Waals surface area contributed by atoms with E-state index in [1.165, 1.54) is 5.56 Å². The summed E-state index contributed by atoms with van der Waals surface area (Å²) in [5.74, 6) is 0.727. The van der Waals surface area contributed by atoms with Gasteiger partial charge >= 0.3 is 0 Å². The molecule has 1 aliphatic carbocycles. The molecule has 1 aliphatic rings. The molecule has 22 heavy (non-hydrogen) atoms. The second-order valence-corrected chi connectivity index (χ2v) is 7.08. The van der Waals surface area contributed by atoms with Crippen LogP contribution in [0.1, 0.15) is 51.5 Å². The van der Waals surface area contributed by atoms with Crippen molar-refractivity contribution >= 4 is 5.91 Å². The fourth-order valence-electron chi connectivity index (χ4n) is 3.50. The smallest absolute Gasteiger partial charge is 0.232 e. The van der Waals surface area contributed by atoms with E-state index in [9.17, 15) is 4.79 Å². The lowest BCUT2D eigenvalue weighted by Gasteiger charge is -2.33. The molecule has 1 aromatic rings. The Balaban J connectivity index is 2.10. The molecule has 1 fully saturated rings. The fraction of sp³-hybridized carbons (Fsp3) is 0.632. The zero-order chi connectivity index (χ0) is 16.2. The number of nitrogens with zero attached hydrogens (tertiary/aromatic N) is 1. The van der Waals surface area contributed by atoms with E-state index >= 15 is 0 Å². The summed E-state index contributed by atoms with van der Waals surface area (Å²) in [6.07, 6.45) is 5.08. The van der Waals surface area contributed by atoms with Crippen molar-refractivity contribution in [3.63, 3.8) is 0 Å². The van der Waals surface area contributed by atoms with Gasteiger partial charge in [0.25, 0.3) is 0 Å². The van der Waals surface area contributed by atoms with Gasteiger partial charge in [-0.15, -0.1) is 0 Å². The fourth-order valence-corrected chi connectivity index (χ4v) is 3.50. The number of nitrogens with two attached hydrogens (primary N) is 1. The van der Waals surface area contributed by atoms with Crippen LogP contribution in [0, 0.1) is 5.92 Å². The highest BCUT2D eigenvalue weighted by Gasteiger charge is 2.43. The molecule has 0 aliphatic heterocycles. The summed E-state index contributed by atoms with van der Waals surface area (Å²) < 4.78 is 0. The van der Waals surface area contributed by atoms with Crippen LogP contribution in [0.5, 0.6) is 0 Å². The maximum atomic E-state index is 13.1. The summed E-state index contributed by atoms with van der Waals surface area (Å²) in [7, 11) is 1.93. The van der Waals surface area contributed by atoms with Crippen molar-refractivity contribution in [2.45, 2.75) is 57.4 Å². The van der Waals surface area contributed by atoms with E-state index in [0.29, 0.717) is 5.92 Å². The third-order valence-electron chi connectivity index (χ3n) is 5.19. The molecule has 1 aromatic carbocycles. The van der Waals surface area contributed by atoms with E-state index < -0.39 is 0 Å². The number of amides is 1. The molecule has 3 heteroatoms. The molecule has 0 saturated heterocycles. The molecule has 0 bridgehead atoms. The lowest BCUT2D eigenvalue weighted by Crippen LogP contribution is -2.45. The Morgan fingerprint density at radius 1 is 1.23 bits per heavy atom. The predicted molar refractivity (Wildman–Crippen MR) is 91.7 cm³/mol. The summed E-state index contributed by atoms with van der Waals surface area (Å²) in [6.45, 7) is 5.01. The molecule has 0 radical (unpaired) electrons. The van der Waals surface area contributed by atoms with Gasteiger partial charge in [0.2, 0.25) is 5.91 Å². The molecule has 122 valence electrons. The van der Waals surface area contributed by atoms with Crippen LogP contribution < -0.4 is 5.73 Å². The van der Waals surface area contributed by atoms with Gasteiger partial charge in [0.1, 0.15) is 0 Å². The van der Waals surface area contributed by atoms with Crippen molar-refractivity contribution in [2.24, 2.45) is 11.7 Å². The normalized spacial score (nSPS) is 18.4. The molecule has 1 amide bonds. The zero-order valence-corrected chi connectivity index (χ0v) is 14.2. The zero-order valence-electron chi connectivity index (χ0n) is 14.2. The van der Waals surface area contributed by atoms with Crippen molar-refractivity contribution in [3.05, 3.63) is 35.9 Å². The molecular formula is C19H30N2O. The highest BCUT2D eigenvalue weighted by molar-refractivity contribution is 5.88. The predicted octanol–water partition coefficient (Wildman–Crippen LogP) is 3.33. The third kappa shape index (κ3) is 3.52. The summed E-state index contributed by atoms with van der Waals surface area (Å²) in [5.41, 5.74) is 7.00. The highest BCUT2D eigenvalue weighted by Crippen LogP contribution is 2.42. The van der Waals surface area contributed by atoms with Crippen LogP contribution >= 0.6 is 0 Å². The molecule has 0 heterocycles. The molecule has 0 spiro atoms. The van der Waals surface area contributed by atoms with E-state index in [-0.39, 0.29) is 17.4 Å². The lowest BCUT2D eigenvalue weighted by atomic mass is 9.77. The van der Waals surface area contributed by atoms with E-state index in [4.69, 9.17) is 5.73 Å². The average molecular weight is 302 g/mol. The second kappa shape index (κ2) is 7.28. The van der Waals surface area contributed by atoms with Gasteiger partial charge in [-0.2, -0.15) is 0 Å². The molecular weight excluding hydrogens is 272 g/mol. The number of hydrogen-bond donors (Lipinski definition) is 1. The van der Waals surface area contributed by atoms with Crippen LogP contribution in [0.2, 0.25) is 0 Å². The Morgan fingerprint density at radius 3 is 2.36 bits per heavy atom. The van der Waals surface area contributed by atoms with E-state index in [1.54, 1.807) is 0 Å². The third-order valence-corrected chi connectivity index (χ3v) is 5.19. The van der Waals surface area contributed by atoms with Gasteiger partial charge in [0, 0.05) is 19.6 Å². The Kier molecular flexibility index (Phi) is 5.63. The van der Waals surface area contributed by atoms with Crippen molar-refractivity contribution in [1.29, 1.82) is 0 Å². The molecule has 2 N–H and O–H groups in total. The summed E-state index contributed by atoms with van der Waals surface area (Å²) in [6, 6.07) is 10.5. The van der Waals surface area contributed by atoms with E-state index in [0.717, 1.165) is 38.6 Å². The SMILES string of the molecule is CC(C)C(N)CCN(C)C(=O)C1(c2ccccc2)CCCC1. The Morgan fingerprint density at radius 2 is 1.82 bits per heavy atom. The van der Waals surface area contributed by atoms with Gasteiger partial charge in [-0.1, -0.05) is 57.0 Å². The summed E-state index contributed by atoms with van der Waals surface area (Å²) in [5, 5.41) is 0. The van der Waals surface area contributed by atoms with Crippen LogP contribution in [-0.4, -0.2) is 30.4 Å². The lowest BCUT2D eigenvalue weighted by molar-refractivity contribution is -0.136. The van der Waals surface area contributed by atoms with Crippen LogP contribution in [0.25, 0.3) is 0 Å². The van der Waals surface area contributed by atoms with Crippen molar-refractivity contribution in [3.8, 4) is 0 Å². The number of rotatable bonds is 6. The number of carbonyl (C=O) groups excluding carboxylic acids is 1. The maximum absolute atomic E-state index is 13.1. The molecule has 1 unspecified atom stereocenters. The number of benzene rings is 1. The molecule has 2 rings (SSSR count). The monoisotopic (exact) mass is 302 g/mol. The topological polar surface area (TPSA) is 46.3 Å². The van der Waals surface area contributed by atoms with Gasteiger partial charge in [-0.05, 0) is 30.7 Å². The van der Waals surface area contributed by atoms with Crippen molar-refractivity contribution < 1.29 is 4.79 Å². The minimum absolute atomic E-state index is 0.159. The van der Waals surface area contributed by atoms with Gasteiger partial charge in [-0.3, -0.25) is 4.79 Å². The van der Waals surface area contributed by atoms with Crippen LogP contribution in [-0.2, 0) is 10.2 Å². The van der Waals surface area contributed by atoms with Crippen LogP contribution in [0.3, 0.4) is 0 Å². The first-order valence-electron chi connectivity index (χ1n) is 8.54. The largest absolute Gasteiger partial charge is 0.345 e. The molecule has 3 nitrogen and oxygen atoms in total. The van der Waals surface area contributed by atoms with Crippen LogP contribution in [0.4, 0.5) is 0 Å². The quantitative estimate of drug-likeness (QED) is 0.876. The van der Waals surface area contributed by atoms with Gasteiger partial charge in [0.15, 0.2) is 0 Å². The van der Waals surface area contributed by atoms with E-state index in [2.05, 4.69) is 26.0 Å². The van der Waals surface area contributed by atoms with Crippen molar-refractivity contribution in [1.82, 2.24) is 4.90 Å². The maximum Gasteiger partial charge on any atom is 0.232 e. The van der Waals surface area contributed by atoms with Crippen LogP contribution in [0.15, 0.2) is 30.3 Å². The molecule has 0 aromatic heterocycles. The number of hydrogen-bond acceptors (Lipinski definition) is 2. The van der Waals surface area contributed by atoms with Gasteiger partial charge in [-0.25, -0.2) is 0 Å². The Hall–Kier alpha value is -1.35. The first-order chi connectivity index (χ1) is 10.5. The standard InChI is InChI=1S/C19H30N2O/c1-15(2)17(20)11-14-21(3)18(22)19(12-7-8-13-19)16-9-5-4-6-10-16/h4-6,9-10,15,17H,7-8,11-14,20H2,1-3H3. The summed E-state index contributed by atoms with van der Waals surface area (Å²) >= 11 is 0. The molecule has 1 atom stereocenters. The van der Waals surface area contributed by atoms with Gasteiger partial charge in [0.05, 0.1) is 5.41 Å². The van der Waals surface area contributed by atoms with Crippen molar-refractivity contribution in [2.75, 3.05) is 13.6 Å². The Bertz CT molecular complexity index is 477. The first-order valence-corrected chi connectivity index (χ1v) is 8.54. The molecule has 1 saturated carbocycles. The van der Waals surface area contributed by atoms with Gasteiger partial charge < -0.3 is 10.6 Å². The average Bonchev–Trinajstić information content (AvgIpc) is 3.03. The highest BCUT2D eigenvalue weighted by atomic mass is 16.2. The van der Waals surface area contributed by atoms with E-state index in [1.807, 2.05) is 30.1 Å². The Labute approximate surface area is 134 Å². The summed E-state index contributed by atoms with van der Waals surface area (Å²) in [4.78, 5) is 15.0. The number of likely N-dealkylation sites (N-methyl/N-ethyl adjacent to an activating group) is 1. The minimum atomic E-state index is -0.308. The second-order valence-electron chi connectivity index (χ2n) is 7.08. The first kappa shape index (κ1) is 17.0. The minimum Gasteiger partial charge on any atom is -0.345 e. The number of carbonyl (C=O) groups is 1.